The van der Waals surface area contributed by atoms with Gasteiger partial charge >= 0.3 is 0 Å². The van der Waals surface area contributed by atoms with E-state index in [1.807, 2.05) is 0 Å². The van der Waals surface area contributed by atoms with Gasteiger partial charge in [-0.1, -0.05) is 33.8 Å². The number of allylic oxidation sites excluding steroid dienone is 1. The highest BCUT2D eigenvalue weighted by atomic mass is 14.9. The molecular formula is C26H53N3. The van der Waals surface area contributed by atoms with Gasteiger partial charge in [0, 0.05) is 6.04 Å². The first-order valence-corrected chi connectivity index (χ1v) is 12.7. The van der Waals surface area contributed by atoms with Gasteiger partial charge in [-0.25, -0.2) is 0 Å². The SMILES string of the molecule is C=CC(C)CCC(CN)C1CC(CCCNC(CC)CCC(C)CCN)CC1C. The zero-order valence-electron chi connectivity index (χ0n) is 20.2. The summed E-state index contributed by atoms with van der Waals surface area (Å²) in [5.41, 5.74) is 11.9. The van der Waals surface area contributed by atoms with Crippen molar-refractivity contribution in [2.45, 2.75) is 97.9 Å². The molecule has 0 aromatic carbocycles. The van der Waals surface area contributed by atoms with Gasteiger partial charge in [-0.3, -0.25) is 0 Å². The smallest absolute Gasteiger partial charge is 0.00645 e. The monoisotopic (exact) mass is 407 g/mol. The minimum atomic E-state index is 0.618. The predicted molar refractivity (Wildman–Crippen MR) is 130 cm³/mol. The van der Waals surface area contributed by atoms with E-state index in [-0.39, 0.29) is 0 Å². The van der Waals surface area contributed by atoms with Crippen LogP contribution in [0.15, 0.2) is 12.7 Å². The summed E-state index contributed by atoms with van der Waals surface area (Å²) in [7, 11) is 0. The van der Waals surface area contributed by atoms with Crippen LogP contribution in [0.25, 0.3) is 0 Å². The van der Waals surface area contributed by atoms with Gasteiger partial charge in [0.05, 0.1) is 0 Å². The molecule has 7 unspecified atom stereocenters. The third kappa shape index (κ3) is 10.5. The Bertz CT molecular complexity index is 411. The molecular weight excluding hydrogens is 354 g/mol. The summed E-state index contributed by atoms with van der Waals surface area (Å²) >= 11 is 0. The Morgan fingerprint density at radius 1 is 1.07 bits per heavy atom. The second-order valence-corrected chi connectivity index (χ2v) is 10.2. The van der Waals surface area contributed by atoms with Gasteiger partial charge in [0.25, 0.3) is 0 Å². The molecule has 0 amide bonds. The summed E-state index contributed by atoms with van der Waals surface area (Å²) in [6.45, 7) is 16.2. The van der Waals surface area contributed by atoms with E-state index in [0.717, 1.165) is 43.2 Å². The highest BCUT2D eigenvalue weighted by Gasteiger charge is 2.35. The Hall–Kier alpha value is -0.380. The molecule has 1 fully saturated rings. The summed E-state index contributed by atoms with van der Waals surface area (Å²) in [6.07, 6.45) is 15.1. The molecule has 0 spiro atoms. The van der Waals surface area contributed by atoms with E-state index < -0.39 is 0 Å². The van der Waals surface area contributed by atoms with Crippen LogP contribution in [0.5, 0.6) is 0 Å². The van der Waals surface area contributed by atoms with E-state index in [9.17, 15) is 0 Å². The van der Waals surface area contributed by atoms with Crippen molar-refractivity contribution in [3.63, 3.8) is 0 Å². The molecule has 0 heterocycles. The Labute approximate surface area is 182 Å². The maximum atomic E-state index is 6.18. The molecule has 1 rings (SSSR count). The van der Waals surface area contributed by atoms with Gasteiger partial charge in [-0.05, 0) is 119 Å². The molecule has 5 N–H and O–H groups in total. The Balaban J connectivity index is 2.28. The Morgan fingerprint density at radius 2 is 1.83 bits per heavy atom. The number of rotatable bonds is 17. The lowest BCUT2D eigenvalue weighted by atomic mass is 9.80. The van der Waals surface area contributed by atoms with Crippen molar-refractivity contribution in [2.75, 3.05) is 19.6 Å². The molecule has 3 nitrogen and oxygen atoms in total. The van der Waals surface area contributed by atoms with Crippen LogP contribution in [-0.2, 0) is 0 Å². The van der Waals surface area contributed by atoms with Crippen molar-refractivity contribution < 1.29 is 0 Å². The van der Waals surface area contributed by atoms with Crippen molar-refractivity contribution in [3.05, 3.63) is 12.7 Å². The van der Waals surface area contributed by atoms with Gasteiger partial charge in [0.15, 0.2) is 0 Å². The molecule has 1 saturated carbocycles. The summed E-state index contributed by atoms with van der Waals surface area (Å²) in [4.78, 5) is 0. The van der Waals surface area contributed by atoms with Crippen LogP contribution in [0.3, 0.4) is 0 Å². The maximum absolute atomic E-state index is 6.18. The van der Waals surface area contributed by atoms with Gasteiger partial charge in [0.2, 0.25) is 0 Å². The maximum Gasteiger partial charge on any atom is 0.00645 e. The first-order valence-electron chi connectivity index (χ1n) is 12.7. The first-order chi connectivity index (χ1) is 13.9. The summed E-state index contributed by atoms with van der Waals surface area (Å²) in [5.74, 6) is 4.67. The highest BCUT2D eigenvalue weighted by molar-refractivity contribution is 4.87. The van der Waals surface area contributed by atoms with Crippen molar-refractivity contribution in [3.8, 4) is 0 Å². The normalized spacial score (nSPS) is 26.2. The molecule has 172 valence electrons. The van der Waals surface area contributed by atoms with Gasteiger partial charge in [-0.15, -0.1) is 6.58 Å². The van der Waals surface area contributed by atoms with Gasteiger partial charge in [0.1, 0.15) is 0 Å². The topological polar surface area (TPSA) is 64.1 Å². The fourth-order valence-electron chi connectivity index (χ4n) is 5.47. The zero-order valence-corrected chi connectivity index (χ0v) is 20.2. The van der Waals surface area contributed by atoms with Crippen molar-refractivity contribution in [1.29, 1.82) is 0 Å². The van der Waals surface area contributed by atoms with E-state index in [0.29, 0.717) is 17.9 Å². The molecule has 29 heavy (non-hydrogen) atoms. The number of nitrogens with one attached hydrogen (secondary N) is 1. The Kier molecular flexibility index (Phi) is 14.2. The van der Waals surface area contributed by atoms with Crippen LogP contribution in [0.4, 0.5) is 0 Å². The number of hydrogen-bond acceptors (Lipinski definition) is 3. The summed E-state index contributed by atoms with van der Waals surface area (Å²) in [5, 5.41) is 3.83. The molecule has 3 heteroatoms. The van der Waals surface area contributed by atoms with Crippen LogP contribution in [0.1, 0.15) is 91.9 Å². The van der Waals surface area contributed by atoms with Gasteiger partial charge in [-0.2, -0.15) is 0 Å². The molecule has 0 saturated heterocycles. The van der Waals surface area contributed by atoms with E-state index in [1.165, 1.54) is 64.3 Å². The second kappa shape index (κ2) is 15.4. The molecule has 0 aliphatic heterocycles. The molecule has 0 aromatic heterocycles. The standard InChI is InChI=1S/C26H53N3/c1-6-20(3)10-12-24(19-28)26-18-23(17-22(26)5)9-8-16-29-25(7-2)13-11-21(4)14-15-27/h6,20-26,29H,1,7-19,27-28H2,2-5H3. The van der Waals surface area contributed by atoms with E-state index in [4.69, 9.17) is 11.5 Å². The molecule has 7 atom stereocenters. The number of hydrogen-bond donors (Lipinski definition) is 3. The summed E-state index contributed by atoms with van der Waals surface area (Å²) in [6, 6.07) is 0.680. The van der Waals surface area contributed by atoms with Crippen molar-refractivity contribution >= 4 is 0 Å². The average Bonchev–Trinajstić information content (AvgIpc) is 3.08. The quantitative estimate of drug-likeness (QED) is 0.213. The Morgan fingerprint density at radius 3 is 2.45 bits per heavy atom. The lowest BCUT2D eigenvalue weighted by Crippen LogP contribution is -2.30. The van der Waals surface area contributed by atoms with Crippen LogP contribution in [-0.4, -0.2) is 25.7 Å². The number of nitrogens with two attached hydrogens (primary N) is 2. The van der Waals surface area contributed by atoms with Crippen molar-refractivity contribution in [2.24, 2.45) is 47.0 Å². The van der Waals surface area contributed by atoms with Crippen LogP contribution < -0.4 is 16.8 Å². The molecule has 0 bridgehead atoms. The third-order valence-corrected chi connectivity index (χ3v) is 7.73. The van der Waals surface area contributed by atoms with Crippen LogP contribution in [0, 0.1) is 35.5 Å². The third-order valence-electron chi connectivity index (χ3n) is 7.73. The second-order valence-electron chi connectivity index (χ2n) is 10.2. The molecule has 0 aromatic rings. The molecule has 1 aliphatic rings. The fourth-order valence-corrected chi connectivity index (χ4v) is 5.47. The minimum absolute atomic E-state index is 0.618. The average molecular weight is 408 g/mol. The molecule has 0 radical (unpaired) electrons. The van der Waals surface area contributed by atoms with Crippen molar-refractivity contribution in [1.82, 2.24) is 5.32 Å². The van der Waals surface area contributed by atoms with Crippen LogP contribution >= 0.6 is 0 Å². The minimum Gasteiger partial charge on any atom is -0.330 e. The lowest BCUT2D eigenvalue weighted by molar-refractivity contribution is 0.253. The summed E-state index contributed by atoms with van der Waals surface area (Å²) < 4.78 is 0. The van der Waals surface area contributed by atoms with E-state index in [1.54, 1.807) is 0 Å². The highest BCUT2D eigenvalue weighted by Crippen LogP contribution is 2.43. The lowest BCUT2D eigenvalue weighted by Gasteiger charge is -2.26. The van der Waals surface area contributed by atoms with Gasteiger partial charge < -0.3 is 16.8 Å². The zero-order chi connectivity index (χ0) is 21.6. The fraction of sp³-hybridized carbons (Fsp3) is 0.923. The largest absolute Gasteiger partial charge is 0.330 e. The van der Waals surface area contributed by atoms with E-state index in [2.05, 4.69) is 45.7 Å². The van der Waals surface area contributed by atoms with E-state index >= 15 is 0 Å². The molecule has 1 aliphatic carbocycles. The predicted octanol–water partition coefficient (Wildman–Crippen LogP) is 5.74. The first kappa shape index (κ1) is 26.7. The van der Waals surface area contributed by atoms with Crippen LogP contribution in [0.2, 0.25) is 0 Å².